The van der Waals surface area contributed by atoms with E-state index in [4.69, 9.17) is 4.74 Å². The van der Waals surface area contributed by atoms with Crippen molar-refractivity contribution in [2.75, 3.05) is 20.2 Å². The second-order valence-corrected chi connectivity index (χ2v) is 9.56. The van der Waals surface area contributed by atoms with Crippen LogP contribution in [0.1, 0.15) is 53.2 Å². The molecule has 154 valence electrons. The Labute approximate surface area is 171 Å². The highest BCUT2D eigenvalue weighted by Gasteiger charge is 2.27. The smallest absolute Gasteiger partial charge is 0.251 e. The van der Waals surface area contributed by atoms with Crippen molar-refractivity contribution in [2.45, 2.75) is 43.0 Å². The van der Waals surface area contributed by atoms with Gasteiger partial charge in [0, 0.05) is 18.7 Å². The summed E-state index contributed by atoms with van der Waals surface area (Å²) in [6.45, 7) is 1.13. The van der Waals surface area contributed by atoms with Crippen molar-refractivity contribution in [2.24, 2.45) is 0 Å². The van der Waals surface area contributed by atoms with Gasteiger partial charge in [0.05, 0.1) is 18.0 Å². The van der Waals surface area contributed by atoms with Gasteiger partial charge in [0.2, 0.25) is 10.0 Å². The maximum Gasteiger partial charge on any atom is 0.251 e. The predicted octanol–water partition coefficient (Wildman–Crippen LogP) is 3.29. The Morgan fingerprint density at radius 2 is 1.79 bits per heavy atom. The molecule has 2 aromatic carbocycles. The number of hydrogen-bond acceptors (Lipinski definition) is 4. The Balaban J connectivity index is 1.49. The van der Waals surface area contributed by atoms with E-state index >= 15 is 0 Å². The number of ether oxygens (including phenoxy) is 1. The second-order valence-electron chi connectivity index (χ2n) is 7.62. The van der Waals surface area contributed by atoms with Crippen molar-refractivity contribution in [3.63, 3.8) is 0 Å². The molecule has 0 aromatic heterocycles. The lowest BCUT2D eigenvalue weighted by Crippen LogP contribution is -2.31. The summed E-state index contributed by atoms with van der Waals surface area (Å²) in [5.74, 6) is 0.634. The van der Waals surface area contributed by atoms with Crippen LogP contribution in [-0.4, -0.2) is 38.8 Å². The molecular weight excluding hydrogens is 388 g/mol. The van der Waals surface area contributed by atoms with Crippen LogP contribution in [0.5, 0.6) is 5.75 Å². The minimum atomic E-state index is -3.47. The van der Waals surface area contributed by atoms with Crippen molar-refractivity contribution in [1.82, 2.24) is 9.62 Å². The molecule has 1 heterocycles. The largest absolute Gasteiger partial charge is 0.497 e. The van der Waals surface area contributed by atoms with Gasteiger partial charge < -0.3 is 10.1 Å². The highest BCUT2D eigenvalue weighted by molar-refractivity contribution is 7.89. The van der Waals surface area contributed by atoms with Gasteiger partial charge in [-0.3, -0.25) is 4.79 Å². The maximum atomic E-state index is 12.8. The molecule has 0 saturated carbocycles. The predicted molar refractivity (Wildman–Crippen MR) is 111 cm³/mol. The Morgan fingerprint density at radius 1 is 1.07 bits per heavy atom. The first-order valence-corrected chi connectivity index (χ1v) is 11.5. The van der Waals surface area contributed by atoms with E-state index < -0.39 is 10.0 Å². The Bertz CT molecular complexity index is 996. The highest BCUT2D eigenvalue weighted by Crippen LogP contribution is 2.32. The first kappa shape index (κ1) is 19.9. The molecular formula is C22H26N2O4S. The van der Waals surface area contributed by atoms with Gasteiger partial charge >= 0.3 is 0 Å². The maximum absolute atomic E-state index is 12.8. The van der Waals surface area contributed by atoms with Crippen molar-refractivity contribution in [1.29, 1.82) is 0 Å². The summed E-state index contributed by atoms with van der Waals surface area (Å²) in [4.78, 5) is 13.0. The normalized spacial score (nSPS) is 19.6. The molecule has 1 amide bonds. The zero-order valence-electron chi connectivity index (χ0n) is 16.6. The standard InChI is InChI=1S/C22H26N2O4S/c1-28-18-9-12-20-17(15-18)5-4-6-21(20)23-22(25)16-7-10-19(11-8-16)29(26,27)24-13-2-3-14-24/h7-12,15,21H,2-6,13-14H2,1H3,(H,23,25)/t21-/m1/s1. The third kappa shape index (κ3) is 4.02. The summed E-state index contributed by atoms with van der Waals surface area (Å²) in [5, 5.41) is 3.10. The topological polar surface area (TPSA) is 75.7 Å². The van der Waals surface area contributed by atoms with E-state index in [0.717, 1.165) is 43.4 Å². The summed E-state index contributed by atoms with van der Waals surface area (Å²) in [7, 11) is -1.82. The number of amides is 1. The molecule has 1 aliphatic heterocycles. The SMILES string of the molecule is COc1ccc2c(c1)CCC[C@H]2NC(=O)c1ccc(S(=O)(=O)N2CCCC2)cc1. The van der Waals surface area contributed by atoms with Crippen molar-refractivity contribution >= 4 is 15.9 Å². The number of aryl methyl sites for hydroxylation is 1. The van der Waals surface area contributed by atoms with Gasteiger partial charge in [-0.05, 0) is 79.6 Å². The molecule has 2 aromatic rings. The monoisotopic (exact) mass is 414 g/mol. The van der Waals surface area contributed by atoms with E-state index in [0.29, 0.717) is 18.7 Å². The quantitative estimate of drug-likeness (QED) is 0.815. The molecule has 1 aliphatic carbocycles. The van der Waals surface area contributed by atoms with Crippen LogP contribution in [-0.2, 0) is 16.4 Å². The molecule has 1 N–H and O–H groups in total. The van der Waals surface area contributed by atoms with Crippen molar-refractivity contribution in [3.05, 3.63) is 59.2 Å². The van der Waals surface area contributed by atoms with Crippen LogP contribution in [0.3, 0.4) is 0 Å². The fourth-order valence-corrected chi connectivity index (χ4v) is 5.68. The molecule has 0 spiro atoms. The van der Waals surface area contributed by atoms with Crippen LogP contribution >= 0.6 is 0 Å². The van der Waals surface area contributed by atoms with Crippen LogP contribution in [0, 0.1) is 0 Å². The zero-order chi connectivity index (χ0) is 20.4. The Hall–Kier alpha value is -2.38. The van der Waals surface area contributed by atoms with Gasteiger partial charge in [-0.1, -0.05) is 6.07 Å². The van der Waals surface area contributed by atoms with E-state index in [-0.39, 0.29) is 16.8 Å². The zero-order valence-corrected chi connectivity index (χ0v) is 17.4. The molecule has 0 radical (unpaired) electrons. The van der Waals surface area contributed by atoms with Crippen LogP contribution in [0.4, 0.5) is 0 Å². The fraction of sp³-hybridized carbons (Fsp3) is 0.409. The summed E-state index contributed by atoms with van der Waals surface area (Å²) >= 11 is 0. The second kappa shape index (κ2) is 8.16. The molecule has 1 fully saturated rings. The van der Waals surface area contributed by atoms with Gasteiger partial charge in [-0.25, -0.2) is 8.42 Å². The van der Waals surface area contributed by atoms with Crippen LogP contribution in [0.2, 0.25) is 0 Å². The number of nitrogens with zero attached hydrogens (tertiary/aromatic N) is 1. The molecule has 7 heteroatoms. The number of nitrogens with one attached hydrogen (secondary N) is 1. The van der Waals surface area contributed by atoms with Crippen molar-refractivity contribution in [3.8, 4) is 5.75 Å². The molecule has 6 nitrogen and oxygen atoms in total. The number of sulfonamides is 1. The van der Waals surface area contributed by atoms with E-state index in [1.54, 1.807) is 19.2 Å². The molecule has 1 saturated heterocycles. The lowest BCUT2D eigenvalue weighted by atomic mass is 9.87. The van der Waals surface area contributed by atoms with Crippen molar-refractivity contribution < 1.29 is 17.9 Å². The van der Waals surface area contributed by atoms with Gasteiger partial charge in [-0.2, -0.15) is 4.31 Å². The number of hydrogen-bond donors (Lipinski definition) is 1. The number of rotatable bonds is 5. The molecule has 1 atom stereocenters. The van der Waals surface area contributed by atoms with Gasteiger partial charge in [0.25, 0.3) is 5.91 Å². The number of fused-ring (bicyclic) bond motifs is 1. The summed E-state index contributed by atoms with van der Waals surface area (Å²) < 4.78 is 32.1. The molecule has 29 heavy (non-hydrogen) atoms. The minimum absolute atomic E-state index is 0.0508. The van der Waals surface area contributed by atoms with E-state index in [2.05, 4.69) is 5.32 Å². The number of benzene rings is 2. The molecule has 4 rings (SSSR count). The van der Waals surface area contributed by atoms with E-state index in [1.165, 1.54) is 22.0 Å². The third-order valence-corrected chi connectivity index (χ3v) is 7.70. The highest BCUT2D eigenvalue weighted by atomic mass is 32.2. The average Bonchev–Trinajstić information content (AvgIpc) is 3.29. The van der Waals surface area contributed by atoms with Crippen LogP contribution < -0.4 is 10.1 Å². The lowest BCUT2D eigenvalue weighted by molar-refractivity contribution is 0.0932. The summed E-state index contributed by atoms with van der Waals surface area (Å²) in [6.07, 6.45) is 4.65. The fourth-order valence-electron chi connectivity index (χ4n) is 4.16. The van der Waals surface area contributed by atoms with E-state index in [1.807, 2.05) is 18.2 Å². The molecule has 0 bridgehead atoms. The first-order valence-electron chi connectivity index (χ1n) is 10.1. The molecule has 2 aliphatic rings. The van der Waals surface area contributed by atoms with Gasteiger partial charge in [0.1, 0.15) is 5.75 Å². The molecule has 0 unspecified atom stereocenters. The van der Waals surface area contributed by atoms with Gasteiger partial charge in [-0.15, -0.1) is 0 Å². The Morgan fingerprint density at radius 3 is 2.48 bits per heavy atom. The summed E-state index contributed by atoms with van der Waals surface area (Å²) in [5.41, 5.74) is 2.79. The third-order valence-electron chi connectivity index (χ3n) is 5.79. The number of methoxy groups -OCH3 is 1. The average molecular weight is 415 g/mol. The Kier molecular flexibility index (Phi) is 5.61. The van der Waals surface area contributed by atoms with E-state index in [9.17, 15) is 13.2 Å². The van der Waals surface area contributed by atoms with Gasteiger partial charge in [0.15, 0.2) is 0 Å². The van der Waals surface area contributed by atoms with Crippen LogP contribution in [0.15, 0.2) is 47.4 Å². The number of carbonyl (C=O) groups is 1. The first-order chi connectivity index (χ1) is 14.0. The lowest BCUT2D eigenvalue weighted by Gasteiger charge is -2.27. The number of carbonyl (C=O) groups excluding carboxylic acids is 1. The minimum Gasteiger partial charge on any atom is -0.497 e. The van der Waals surface area contributed by atoms with Crippen LogP contribution in [0.25, 0.3) is 0 Å². The summed E-state index contributed by atoms with van der Waals surface area (Å²) in [6, 6.07) is 12.2.